The van der Waals surface area contributed by atoms with E-state index in [1.54, 1.807) is 6.33 Å². The molecule has 0 radical (unpaired) electrons. The van der Waals surface area contributed by atoms with Gasteiger partial charge in [-0.15, -0.1) is 0 Å². The molecule has 0 aliphatic carbocycles. The Labute approximate surface area is 170 Å². The van der Waals surface area contributed by atoms with E-state index >= 15 is 0 Å². The number of hydrogen-bond acceptors (Lipinski definition) is 3. The minimum atomic E-state index is 0.0171. The van der Waals surface area contributed by atoms with Gasteiger partial charge in [0.1, 0.15) is 12.4 Å². The fourth-order valence-electron chi connectivity index (χ4n) is 3.76. The Balaban J connectivity index is 1.50. The fourth-order valence-corrected chi connectivity index (χ4v) is 3.76. The van der Waals surface area contributed by atoms with Crippen LogP contribution in [0.4, 0.5) is 5.95 Å². The Bertz CT molecular complexity index is 1140. The van der Waals surface area contributed by atoms with E-state index in [1.165, 1.54) is 22.3 Å². The van der Waals surface area contributed by atoms with Crippen LogP contribution < -0.4 is 5.32 Å². The minimum Gasteiger partial charge on any atom is -0.324 e. The second-order valence-corrected chi connectivity index (χ2v) is 7.22. The number of rotatable bonds is 4. The number of allylic oxidation sites excluding steroid dienone is 1. The molecule has 2 heterocycles. The maximum Gasteiger partial charge on any atom is 0.226 e. The van der Waals surface area contributed by atoms with Crippen molar-refractivity contribution >= 4 is 11.6 Å². The molecule has 0 saturated heterocycles. The van der Waals surface area contributed by atoms with Gasteiger partial charge in [0.25, 0.3) is 0 Å². The number of aryl methyl sites for hydroxylation is 1. The summed E-state index contributed by atoms with van der Waals surface area (Å²) in [4.78, 5) is 4.41. The van der Waals surface area contributed by atoms with Crippen molar-refractivity contribution in [1.82, 2.24) is 14.8 Å². The first kappa shape index (κ1) is 17.4. The number of nitrogens with zero attached hydrogens (tertiary/aromatic N) is 3. The number of anilines is 1. The van der Waals surface area contributed by atoms with Gasteiger partial charge in [-0.05, 0) is 40.3 Å². The minimum absolute atomic E-state index is 0.0171. The molecule has 4 nitrogen and oxygen atoms in total. The molecule has 0 unspecified atom stereocenters. The summed E-state index contributed by atoms with van der Waals surface area (Å²) in [5.74, 6) is 0.763. The molecule has 1 aromatic heterocycles. The average Bonchev–Trinajstić information content (AvgIpc) is 3.28. The number of nitrogens with one attached hydrogen (secondary N) is 1. The lowest BCUT2D eigenvalue weighted by Crippen LogP contribution is -2.20. The molecular weight excluding hydrogens is 356 g/mol. The second kappa shape index (κ2) is 7.40. The Kier molecular flexibility index (Phi) is 4.45. The molecule has 142 valence electrons. The maximum absolute atomic E-state index is 4.44. The zero-order chi connectivity index (χ0) is 19.6. The molecule has 1 N–H and O–H groups in total. The quantitative estimate of drug-likeness (QED) is 0.505. The van der Waals surface area contributed by atoms with Gasteiger partial charge in [0, 0.05) is 5.70 Å². The van der Waals surface area contributed by atoms with Gasteiger partial charge in [-0.1, -0.05) is 85.8 Å². The zero-order valence-corrected chi connectivity index (χ0v) is 16.3. The van der Waals surface area contributed by atoms with Crippen molar-refractivity contribution in [1.29, 1.82) is 0 Å². The molecule has 5 rings (SSSR count). The first-order valence-electron chi connectivity index (χ1n) is 9.95. The molecule has 0 bridgehead atoms. The lowest BCUT2D eigenvalue weighted by molar-refractivity contribution is 0.611. The smallest absolute Gasteiger partial charge is 0.226 e. The molecule has 3 aromatic carbocycles. The number of hydrogen-bond donors (Lipinski definition) is 1. The van der Waals surface area contributed by atoms with Crippen LogP contribution >= 0.6 is 0 Å². The van der Waals surface area contributed by atoms with E-state index < -0.39 is 0 Å². The van der Waals surface area contributed by atoms with E-state index in [9.17, 15) is 0 Å². The van der Waals surface area contributed by atoms with E-state index in [1.807, 2.05) is 10.7 Å². The molecule has 0 saturated carbocycles. The van der Waals surface area contributed by atoms with E-state index in [-0.39, 0.29) is 6.04 Å². The lowest BCUT2D eigenvalue weighted by atomic mass is 9.98. The molecule has 4 aromatic rings. The van der Waals surface area contributed by atoms with Crippen LogP contribution in [0.2, 0.25) is 0 Å². The van der Waals surface area contributed by atoms with Crippen LogP contribution in [0.1, 0.15) is 29.7 Å². The Hall–Kier alpha value is -3.66. The molecular formula is C25H22N4. The van der Waals surface area contributed by atoms with Gasteiger partial charge in [-0.2, -0.15) is 10.1 Å². The third-order valence-electron chi connectivity index (χ3n) is 5.44. The summed E-state index contributed by atoms with van der Waals surface area (Å²) < 4.78 is 1.93. The van der Waals surface area contributed by atoms with Crippen LogP contribution in [0.3, 0.4) is 0 Å². The van der Waals surface area contributed by atoms with Crippen molar-refractivity contribution in [3.05, 3.63) is 108 Å². The third kappa shape index (κ3) is 3.34. The van der Waals surface area contributed by atoms with Gasteiger partial charge in [0.05, 0.1) is 0 Å². The van der Waals surface area contributed by atoms with Crippen molar-refractivity contribution in [2.24, 2.45) is 0 Å². The van der Waals surface area contributed by atoms with Gasteiger partial charge in [0.15, 0.2) is 0 Å². The molecule has 1 aliphatic rings. The summed E-state index contributed by atoms with van der Waals surface area (Å²) in [7, 11) is 0. The first-order valence-corrected chi connectivity index (χ1v) is 9.95. The average molecular weight is 378 g/mol. The third-order valence-corrected chi connectivity index (χ3v) is 5.44. The van der Waals surface area contributed by atoms with Crippen molar-refractivity contribution in [3.63, 3.8) is 0 Å². The van der Waals surface area contributed by atoms with Gasteiger partial charge >= 0.3 is 0 Å². The Morgan fingerprint density at radius 2 is 1.52 bits per heavy atom. The Morgan fingerprint density at radius 1 is 0.828 bits per heavy atom. The highest BCUT2D eigenvalue weighted by molar-refractivity contribution is 5.78. The highest BCUT2D eigenvalue weighted by Crippen LogP contribution is 2.32. The van der Waals surface area contributed by atoms with Crippen LogP contribution in [-0.4, -0.2) is 14.8 Å². The van der Waals surface area contributed by atoms with E-state index in [4.69, 9.17) is 0 Å². The van der Waals surface area contributed by atoms with Gasteiger partial charge in [-0.25, -0.2) is 4.68 Å². The van der Waals surface area contributed by atoms with Crippen molar-refractivity contribution in [2.75, 3.05) is 5.32 Å². The van der Waals surface area contributed by atoms with E-state index in [0.717, 1.165) is 23.6 Å². The van der Waals surface area contributed by atoms with Crippen molar-refractivity contribution < 1.29 is 0 Å². The summed E-state index contributed by atoms with van der Waals surface area (Å²) in [6.07, 6.45) is 4.86. The predicted molar refractivity (Wildman–Crippen MR) is 117 cm³/mol. The van der Waals surface area contributed by atoms with Gasteiger partial charge < -0.3 is 5.32 Å². The molecule has 0 spiro atoms. The largest absolute Gasteiger partial charge is 0.324 e. The fraction of sp³-hybridized carbons (Fsp3) is 0.120. The second-order valence-electron chi connectivity index (χ2n) is 7.22. The van der Waals surface area contributed by atoms with Crippen LogP contribution in [0.5, 0.6) is 0 Å². The topological polar surface area (TPSA) is 42.7 Å². The molecule has 4 heteroatoms. The number of fused-ring (bicyclic) bond motifs is 1. The summed E-state index contributed by atoms with van der Waals surface area (Å²) in [5, 5.41) is 7.86. The summed E-state index contributed by atoms with van der Waals surface area (Å²) in [6, 6.07) is 27.8. The van der Waals surface area contributed by atoms with Crippen LogP contribution in [0.25, 0.3) is 16.8 Å². The molecule has 29 heavy (non-hydrogen) atoms. The highest BCUT2D eigenvalue weighted by Gasteiger charge is 2.23. The maximum atomic E-state index is 4.44. The predicted octanol–water partition coefficient (Wildman–Crippen LogP) is 5.56. The number of aromatic nitrogens is 3. The summed E-state index contributed by atoms with van der Waals surface area (Å²) >= 11 is 0. The Morgan fingerprint density at radius 3 is 2.24 bits per heavy atom. The monoisotopic (exact) mass is 378 g/mol. The first-order chi connectivity index (χ1) is 14.3. The van der Waals surface area contributed by atoms with Crippen LogP contribution in [-0.2, 0) is 6.42 Å². The van der Waals surface area contributed by atoms with Gasteiger partial charge in [-0.3, -0.25) is 0 Å². The summed E-state index contributed by atoms with van der Waals surface area (Å²) in [5.41, 5.74) is 7.15. The molecule has 1 aliphatic heterocycles. The normalized spacial score (nSPS) is 15.3. The van der Waals surface area contributed by atoms with Gasteiger partial charge in [0.2, 0.25) is 5.95 Å². The SMILES string of the molecule is CCc1ccc([C@@H]2C=C(c3ccc(-c4ccccc4)cc3)Nc3ncnn32)cc1. The molecule has 0 amide bonds. The standard InChI is InChI=1S/C25H22N4/c1-2-18-8-10-22(11-9-18)24-16-23(28-25-26-17-27-29(24)25)21-14-12-20(13-15-21)19-6-4-3-5-7-19/h3-17,24H,2H2,1H3,(H,26,27,28)/t24-/m0/s1. The lowest BCUT2D eigenvalue weighted by Gasteiger charge is -2.24. The van der Waals surface area contributed by atoms with Crippen LogP contribution in [0.15, 0.2) is 91.3 Å². The van der Waals surface area contributed by atoms with Crippen molar-refractivity contribution in [2.45, 2.75) is 19.4 Å². The van der Waals surface area contributed by atoms with Crippen molar-refractivity contribution in [3.8, 4) is 11.1 Å². The zero-order valence-electron chi connectivity index (χ0n) is 16.3. The summed E-state index contributed by atoms with van der Waals surface area (Å²) in [6.45, 7) is 2.17. The number of benzene rings is 3. The van der Waals surface area contributed by atoms with E-state index in [0.29, 0.717) is 0 Å². The molecule has 0 fully saturated rings. The van der Waals surface area contributed by atoms with E-state index in [2.05, 4.69) is 101 Å². The highest BCUT2D eigenvalue weighted by atomic mass is 15.4. The molecule has 1 atom stereocenters. The van der Waals surface area contributed by atoms with Crippen LogP contribution in [0, 0.1) is 0 Å².